The number of amides is 2. The fourth-order valence-electron chi connectivity index (χ4n) is 4.13. The van der Waals surface area contributed by atoms with Gasteiger partial charge in [-0.2, -0.15) is 5.10 Å². The largest absolute Gasteiger partial charge is 0.372 e. The first-order valence-electron chi connectivity index (χ1n) is 11.4. The Labute approximate surface area is 202 Å². The Hall–Kier alpha value is -3.85. The highest BCUT2D eigenvalue weighted by atomic mass is 19.1. The summed E-state index contributed by atoms with van der Waals surface area (Å²) in [7, 11) is 0. The van der Waals surface area contributed by atoms with E-state index in [2.05, 4.69) is 10.4 Å². The highest BCUT2D eigenvalue weighted by Gasteiger charge is 2.26. The van der Waals surface area contributed by atoms with Gasteiger partial charge >= 0.3 is 0 Å². The number of aryl methyl sites for hydroxylation is 1. The standard InChI is InChI=1S/C26H27FN4O4/c1-16-12-23(32)24(29-31(16)22-7-5-4-6-21(22)27)25(33)28-13-19-8-10-20(11-9-19)26(34)30-14-17(2)35-18(3)15-30/h4-12,17-18H,13-15H2,1-3H3,(H,28,33). The van der Waals surface area contributed by atoms with Crippen LogP contribution in [0.3, 0.4) is 0 Å². The highest BCUT2D eigenvalue weighted by Crippen LogP contribution is 2.16. The number of halogens is 1. The van der Waals surface area contributed by atoms with Crippen molar-refractivity contribution in [3.63, 3.8) is 0 Å². The first-order valence-corrected chi connectivity index (χ1v) is 11.4. The SMILES string of the molecule is Cc1cc(=O)c(C(=O)NCc2ccc(C(=O)N3CC(C)OC(C)C3)cc2)nn1-c1ccccc1F. The molecule has 1 aliphatic heterocycles. The lowest BCUT2D eigenvalue weighted by Crippen LogP contribution is -2.48. The molecule has 0 bridgehead atoms. The van der Waals surface area contributed by atoms with Crippen LogP contribution in [0.15, 0.2) is 59.4 Å². The number of para-hydroxylation sites is 1. The van der Waals surface area contributed by atoms with Crippen LogP contribution in [-0.4, -0.2) is 51.8 Å². The predicted molar refractivity (Wildman–Crippen MR) is 128 cm³/mol. The summed E-state index contributed by atoms with van der Waals surface area (Å²) in [5, 5.41) is 6.78. The summed E-state index contributed by atoms with van der Waals surface area (Å²) in [6.07, 6.45) is -0.0360. The second kappa shape index (κ2) is 10.2. The summed E-state index contributed by atoms with van der Waals surface area (Å²) in [6.45, 7) is 6.70. The molecule has 182 valence electrons. The molecule has 1 fully saturated rings. The number of morpholine rings is 1. The molecule has 35 heavy (non-hydrogen) atoms. The van der Waals surface area contributed by atoms with Crippen molar-refractivity contribution in [1.82, 2.24) is 20.0 Å². The topological polar surface area (TPSA) is 93.5 Å². The second-order valence-electron chi connectivity index (χ2n) is 8.71. The van der Waals surface area contributed by atoms with Gasteiger partial charge in [-0.1, -0.05) is 24.3 Å². The zero-order chi connectivity index (χ0) is 25.1. The summed E-state index contributed by atoms with van der Waals surface area (Å²) < 4.78 is 21.2. The van der Waals surface area contributed by atoms with Crippen molar-refractivity contribution < 1.29 is 18.7 Å². The average Bonchev–Trinajstić information content (AvgIpc) is 2.82. The van der Waals surface area contributed by atoms with Gasteiger partial charge in [0.25, 0.3) is 11.8 Å². The molecule has 2 unspecified atom stereocenters. The van der Waals surface area contributed by atoms with Gasteiger partial charge in [0.2, 0.25) is 5.43 Å². The molecule has 0 aliphatic carbocycles. The molecule has 0 spiro atoms. The van der Waals surface area contributed by atoms with Crippen molar-refractivity contribution in [1.29, 1.82) is 0 Å². The average molecular weight is 479 g/mol. The number of carbonyl (C=O) groups excluding carboxylic acids is 2. The molecule has 2 amide bonds. The van der Waals surface area contributed by atoms with Gasteiger partial charge in [-0.05, 0) is 50.6 Å². The van der Waals surface area contributed by atoms with Crippen molar-refractivity contribution in [2.75, 3.05) is 13.1 Å². The Morgan fingerprint density at radius 1 is 1.09 bits per heavy atom. The summed E-state index contributed by atoms with van der Waals surface area (Å²) in [4.78, 5) is 39.7. The van der Waals surface area contributed by atoms with Gasteiger partial charge < -0.3 is 15.0 Å². The number of rotatable bonds is 5. The molecule has 9 heteroatoms. The zero-order valence-corrected chi connectivity index (χ0v) is 19.8. The lowest BCUT2D eigenvalue weighted by molar-refractivity contribution is -0.0586. The van der Waals surface area contributed by atoms with Gasteiger partial charge in [0, 0.05) is 37.0 Å². The third-order valence-corrected chi connectivity index (χ3v) is 5.76. The molecule has 2 atom stereocenters. The van der Waals surface area contributed by atoms with E-state index in [0.29, 0.717) is 24.3 Å². The van der Waals surface area contributed by atoms with E-state index in [1.165, 1.54) is 22.9 Å². The highest BCUT2D eigenvalue weighted by molar-refractivity contribution is 5.94. The molecule has 0 radical (unpaired) electrons. The molecule has 1 saturated heterocycles. The lowest BCUT2D eigenvalue weighted by atomic mass is 10.1. The zero-order valence-electron chi connectivity index (χ0n) is 19.8. The minimum Gasteiger partial charge on any atom is -0.372 e. The third-order valence-electron chi connectivity index (χ3n) is 5.76. The number of hydrogen-bond donors (Lipinski definition) is 1. The minimum atomic E-state index is -0.670. The maximum Gasteiger partial charge on any atom is 0.276 e. The molecule has 2 heterocycles. The Morgan fingerprint density at radius 2 is 1.74 bits per heavy atom. The van der Waals surface area contributed by atoms with Crippen LogP contribution in [0.1, 0.15) is 46.0 Å². The van der Waals surface area contributed by atoms with E-state index in [0.717, 1.165) is 5.56 Å². The van der Waals surface area contributed by atoms with Gasteiger partial charge in [-0.25, -0.2) is 9.07 Å². The van der Waals surface area contributed by atoms with Gasteiger partial charge in [0.05, 0.1) is 12.2 Å². The number of ether oxygens (including phenoxy) is 1. The van der Waals surface area contributed by atoms with E-state index < -0.39 is 17.2 Å². The fraction of sp³-hybridized carbons (Fsp3) is 0.308. The number of benzene rings is 2. The monoisotopic (exact) mass is 478 g/mol. The maximum atomic E-state index is 14.2. The Bertz CT molecular complexity index is 1300. The molecule has 2 aromatic carbocycles. The predicted octanol–water partition coefficient (Wildman–Crippen LogP) is 2.86. The van der Waals surface area contributed by atoms with Crippen LogP contribution in [0.5, 0.6) is 0 Å². The second-order valence-corrected chi connectivity index (χ2v) is 8.71. The summed E-state index contributed by atoms with van der Waals surface area (Å²) in [6, 6.07) is 14.2. The van der Waals surface area contributed by atoms with Crippen molar-refractivity contribution >= 4 is 11.8 Å². The van der Waals surface area contributed by atoms with E-state index in [-0.39, 0.29) is 36.0 Å². The summed E-state index contributed by atoms with van der Waals surface area (Å²) >= 11 is 0. The molecule has 4 rings (SSSR count). The first kappa shape index (κ1) is 24.3. The molecule has 0 saturated carbocycles. The Morgan fingerprint density at radius 3 is 2.40 bits per heavy atom. The number of hydrogen-bond acceptors (Lipinski definition) is 5. The van der Waals surface area contributed by atoms with Crippen LogP contribution < -0.4 is 10.7 Å². The number of nitrogens with one attached hydrogen (secondary N) is 1. The molecule has 1 N–H and O–H groups in total. The summed E-state index contributed by atoms with van der Waals surface area (Å²) in [5.41, 5.74) is 0.961. The van der Waals surface area contributed by atoms with Gasteiger partial charge in [-0.3, -0.25) is 14.4 Å². The fourth-order valence-corrected chi connectivity index (χ4v) is 4.13. The van der Waals surface area contributed by atoms with Crippen molar-refractivity contribution in [2.24, 2.45) is 0 Å². The van der Waals surface area contributed by atoms with Gasteiger partial charge in [0.15, 0.2) is 5.69 Å². The van der Waals surface area contributed by atoms with E-state index in [9.17, 15) is 18.8 Å². The Balaban J connectivity index is 1.44. The minimum absolute atomic E-state index is 0.0180. The number of carbonyl (C=O) groups is 2. The summed E-state index contributed by atoms with van der Waals surface area (Å²) in [5.74, 6) is -1.26. The van der Waals surface area contributed by atoms with E-state index in [1.807, 2.05) is 13.8 Å². The number of nitrogens with zero attached hydrogens (tertiary/aromatic N) is 3. The van der Waals surface area contributed by atoms with Crippen LogP contribution in [0.4, 0.5) is 4.39 Å². The normalized spacial score (nSPS) is 17.8. The molecule has 3 aromatic rings. The molecular weight excluding hydrogens is 451 g/mol. The quantitative estimate of drug-likeness (QED) is 0.609. The van der Waals surface area contributed by atoms with Crippen molar-refractivity contribution in [2.45, 2.75) is 39.5 Å². The van der Waals surface area contributed by atoms with Gasteiger partial charge in [0.1, 0.15) is 11.5 Å². The van der Waals surface area contributed by atoms with Crippen LogP contribution in [0, 0.1) is 12.7 Å². The molecule has 8 nitrogen and oxygen atoms in total. The molecular formula is C26H27FN4O4. The van der Waals surface area contributed by atoms with Crippen LogP contribution >= 0.6 is 0 Å². The van der Waals surface area contributed by atoms with Crippen LogP contribution in [-0.2, 0) is 11.3 Å². The first-order chi connectivity index (χ1) is 16.7. The number of aromatic nitrogens is 2. The maximum absolute atomic E-state index is 14.2. The Kier molecular flexibility index (Phi) is 7.07. The lowest BCUT2D eigenvalue weighted by Gasteiger charge is -2.35. The van der Waals surface area contributed by atoms with E-state index in [1.54, 1.807) is 48.2 Å². The van der Waals surface area contributed by atoms with Crippen molar-refractivity contribution in [3.05, 3.63) is 93.2 Å². The van der Waals surface area contributed by atoms with Crippen LogP contribution in [0.2, 0.25) is 0 Å². The molecule has 1 aliphatic rings. The van der Waals surface area contributed by atoms with Crippen molar-refractivity contribution in [3.8, 4) is 5.69 Å². The smallest absolute Gasteiger partial charge is 0.276 e. The third kappa shape index (κ3) is 5.46. The van der Waals surface area contributed by atoms with E-state index >= 15 is 0 Å². The van der Waals surface area contributed by atoms with Gasteiger partial charge in [-0.15, -0.1) is 0 Å². The van der Waals surface area contributed by atoms with Crippen LogP contribution in [0.25, 0.3) is 5.69 Å². The van der Waals surface area contributed by atoms with E-state index in [4.69, 9.17) is 4.74 Å². The molecule has 1 aromatic heterocycles.